The van der Waals surface area contributed by atoms with Gasteiger partial charge in [-0.15, -0.1) is 0 Å². The van der Waals surface area contributed by atoms with Gasteiger partial charge in [0.1, 0.15) is 11.4 Å². The first-order chi connectivity index (χ1) is 14.7. The Labute approximate surface area is 184 Å². The first-order valence-electron chi connectivity index (χ1n) is 9.89. The van der Waals surface area contributed by atoms with Gasteiger partial charge in [0, 0.05) is 18.5 Å². The molecule has 0 bridgehead atoms. The van der Waals surface area contributed by atoms with Gasteiger partial charge in [0.15, 0.2) is 0 Å². The van der Waals surface area contributed by atoms with Crippen LogP contribution >= 0.6 is 11.3 Å². The Morgan fingerprint density at radius 3 is 2.29 bits per heavy atom. The molecule has 0 radical (unpaired) electrons. The second kappa shape index (κ2) is 9.70. The Balaban J connectivity index is 1.45. The van der Waals surface area contributed by atoms with E-state index in [-0.39, 0.29) is 10.8 Å². The van der Waals surface area contributed by atoms with Crippen LogP contribution in [0.15, 0.2) is 53.3 Å². The minimum Gasteiger partial charge on any atom is -0.494 e. The van der Waals surface area contributed by atoms with Crippen LogP contribution in [0.3, 0.4) is 0 Å². The summed E-state index contributed by atoms with van der Waals surface area (Å²) in [6.07, 6.45) is 0.728. The van der Waals surface area contributed by atoms with Crippen molar-refractivity contribution >= 4 is 23.1 Å². The molecule has 0 atom stereocenters. The van der Waals surface area contributed by atoms with Gasteiger partial charge in [0.2, 0.25) is 5.88 Å². The smallest absolute Gasteiger partial charge is 0.412 e. The number of rotatable bonds is 7. The number of nitrogens with one attached hydrogen (secondary N) is 2. The molecule has 1 aromatic heterocycles. The number of amides is 1. The average molecular weight is 443 g/mol. The zero-order chi connectivity index (χ0) is 22.4. The fourth-order valence-corrected chi connectivity index (χ4v) is 3.58. The fraction of sp³-hybridized carbons (Fsp3) is 0.304. The molecule has 0 aliphatic rings. The van der Waals surface area contributed by atoms with Crippen molar-refractivity contribution in [2.75, 3.05) is 11.9 Å². The molecule has 31 heavy (non-hydrogen) atoms. The summed E-state index contributed by atoms with van der Waals surface area (Å²) in [5.74, 6) is 0.682. The lowest BCUT2D eigenvalue weighted by atomic mass is 10.1. The van der Waals surface area contributed by atoms with E-state index in [0.717, 1.165) is 34.6 Å². The van der Waals surface area contributed by atoms with Crippen LogP contribution in [0.5, 0.6) is 11.6 Å². The monoisotopic (exact) mass is 442 g/mol. The molecule has 0 fully saturated rings. The SMILES string of the molecule is CC(C)(C)OC(=O)Nc1ccc(CCOc2ccc(Cc3sc(=O)[nH]c3O)cc2)cc1. The lowest BCUT2D eigenvalue weighted by Gasteiger charge is -2.19. The van der Waals surface area contributed by atoms with Crippen molar-refractivity contribution in [1.29, 1.82) is 0 Å². The fourth-order valence-electron chi connectivity index (χ4n) is 2.82. The van der Waals surface area contributed by atoms with Gasteiger partial charge in [-0.1, -0.05) is 35.6 Å². The number of hydrogen-bond acceptors (Lipinski definition) is 6. The topological polar surface area (TPSA) is 101 Å². The lowest BCUT2D eigenvalue weighted by Crippen LogP contribution is -2.27. The number of aromatic nitrogens is 1. The number of benzene rings is 2. The maximum atomic E-state index is 11.8. The van der Waals surface area contributed by atoms with Gasteiger partial charge in [0.05, 0.1) is 11.5 Å². The van der Waals surface area contributed by atoms with Crippen molar-refractivity contribution < 1.29 is 19.4 Å². The molecule has 2 aromatic carbocycles. The molecule has 1 amide bonds. The summed E-state index contributed by atoms with van der Waals surface area (Å²) < 4.78 is 11.0. The van der Waals surface area contributed by atoms with E-state index >= 15 is 0 Å². The number of hydrogen-bond donors (Lipinski definition) is 3. The van der Waals surface area contributed by atoms with Crippen molar-refractivity contribution in [3.63, 3.8) is 0 Å². The van der Waals surface area contributed by atoms with E-state index in [1.165, 1.54) is 0 Å². The highest BCUT2D eigenvalue weighted by Gasteiger charge is 2.16. The number of carbonyl (C=O) groups is 1. The van der Waals surface area contributed by atoms with Crippen LogP contribution in [-0.2, 0) is 17.6 Å². The summed E-state index contributed by atoms with van der Waals surface area (Å²) in [6, 6.07) is 15.1. The number of ether oxygens (including phenoxy) is 2. The van der Waals surface area contributed by atoms with E-state index in [9.17, 15) is 14.7 Å². The molecule has 1 heterocycles. The van der Waals surface area contributed by atoms with E-state index in [4.69, 9.17) is 9.47 Å². The number of thiazole rings is 1. The number of aromatic amines is 1. The van der Waals surface area contributed by atoms with Crippen LogP contribution < -0.4 is 14.9 Å². The van der Waals surface area contributed by atoms with Crippen LogP contribution in [0.4, 0.5) is 10.5 Å². The maximum Gasteiger partial charge on any atom is 0.412 e. The van der Waals surface area contributed by atoms with Crippen LogP contribution in [0.1, 0.15) is 36.8 Å². The van der Waals surface area contributed by atoms with Gasteiger partial charge >= 0.3 is 11.0 Å². The highest BCUT2D eigenvalue weighted by molar-refractivity contribution is 7.09. The summed E-state index contributed by atoms with van der Waals surface area (Å²) in [4.78, 5) is 25.8. The predicted molar refractivity (Wildman–Crippen MR) is 121 cm³/mol. The average Bonchev–Trinajstić information content (AvgIpc) is 3.00. The predicted octanol–water partition coefficient (Wildman–Crippen LogP) is 4.70. The molecule has 0 unspecified atom stereocenters. The molecule has 3 N–H and O–H groups in total. The molecular weight excluding hydrogens is 416 g/mol. The third-order valence-corrected chi connectivity index (χ3v) is 5.12. The molecule has 8 heteroatoms. The first kappa shape index (κ1) is 22.4. The molecular formula is C23H26N2O5S. The van der Waals surface area contributed by atoms with E-state index in [1.54, 1.807) is 0 Å². The third-order valence-electron chi connectivity index (χ3n) is 4.25. The number of H-pyrrole nitrogens is 1. The van der Waals surface area contributed by atoms with Gasteiger partial charge < -0.3 is 14.6 Å². The maximum absolute atomic E-state index is 11.8. The van der Waals surface area contributed by atoms with E-state index in [2.05, 4.69) is 10.3 Å². The Bertz CT molecular complexity index is 1060. The second-order valence-corrected chi connectivity index (χ2v) is 9.10. The molecule has 0 saturated heterocycles. The Morgan fingerprint density at radius 1 is 1.06 bits per heavy atom. The lowest BCUT2D eigenvalue weighted by molar-refractivity contribution is 0.0636. The highest BCUT2D eigenvalue weighted by Crippen LogP contribution is 2.22. The molecule has 0 spiro atoms. The molecule has 0 saturated carbocycles. The van der Waals surface area contributed by atoms with Crippen LogP contribution in [0, 0.1) is 0 Å². The summed E-state index contributed by atoms with van der Waals surface area (Å²) in [7, 11) is 0. The normalized spacial score (nSPS) is 11.2. The van der Waals surface area contributed by atoms with E-state index in [0.29, 0.717) is 23.6 Å². The van der Waals surface area contributed by atoms with Gasteiger partial charge in [-0.2, -0.15) is 0 Å². The zero-order valence-corrected chi connectivity index (χ0v) is 18.5. The van der Waals surface area contributed by atoms with E-state index < -0.39 is 11.7 Å². The third kappa shape index (κ3) is 7.18. The first-order valence-corrected chi connectivity index (χ1v) is 10.7. The molecule has 164 valence electrons. The Hall–Kier alpha value is -3.26. The number of aromatic hydroxyl groups is 1. The van der Waals surface area contributed by atoms with Crippen molar-refractivity contribution in [3.05, 3.63) is 74.2 Å². The zero-order valence-electron chi connectivity index (χ0n) is 17.7. The van der Waals surface area contributed by atoms with Crippen molar-refractivity contribution in [1.82, 2.24) is 4.98 Å². The highest BCUT2D eigenvalue weighted by atomic mass is 32.1. The van der Waals surface area contributed by atoms with Gasteiger partial charge in [0.25, 0.3) is 0 Å². The summed E-state index contributed by atoms with van der Waals surface area (Å²) in [6.45, 7) is 5.97. The second-order valence-electron chi connectivity index (χ2n) is 8.03. The van der Waals surface area contributed by atoms with Gasteiger partial charge in [-0.05, 0) is 56.2 Å². The molecule has 3 rings (SSSR count). The van der Waals surface area contributed by atoms with Crippen LogP contribution in [0.2, 0.25) is 0 Å². The quantitative estimate of drug-likeness (QED) is 0.492. The molecule has 0 aliphatic heterocycles. The minimum atomic E-state index is -0.537. The summed E-state index contributed by atoms with van der Waals surface area (Å²) in [5, 5.41) is 12.4. The largest absolute Gasteiger partial charge is 0.494 e. The van der Waals surface area contributed by atoms with Crippen molar-refractivity contribution in [2.45, 2.75) is 39.2 Å². The van der Waals surface area contributed by atoms with E-state index in [1.807, 2.05) is 69.3 Å². The van der Waals surface area contributed by atoms with Crippen LogP contribution in [-0.4, -0.2) is 28.4 Å². The summed E-state index contributed by atoms with van der Waals surface area (Å²) >= 11 is 1.01. The Morgan fingerprint density at radius 2 is 1.71 bits per heavy atom. The Kier molecular flexibility index (Phi) is 7.02. The minimum absolute atomic E-state index is 0.0670. The molecule has 7 nitrogen and oxygen atoms in total. The standard InChI is InChI=1S/C23H26N2O5S/c1-23(2,3)30-21(27)24-17-8-4-15(5-9-17)12-13-29-18-10-6-16(7-11-18)14-19-20(26)25-22(28)31-19/h4-11,26H,12-14H2,1-3H3,(H,24,27)(H,25,28). The van der Waals surface area contributed by atoms with Crippen molar-refractivity contribution in [3.8, 4) is 11.6 Å². The summed E-state index contributed by atoms with van der Waals surface area (Å²) in [5.41, 5.74) is 2.20. The van der Waals surface area contributed by atoms with Crippen molar-refractivity contribution in [2.24, 2.45) is 0 Å². The molecule has 3 aromatic rings. The van der Waals surface area contributed by atoms with Crippen LogP contribution in [0.25, 0.3) is 0 Å². The van der Waals surface area contributed by atoms with Gasteiger partial charge in [-0.25, -0.2) is 4.79 Å². The molecule has 0 aliphatic carbocycles. The number of carbonyl (C=O) groups excluding carboxylic acids is 1. The van der Waals surface area contributed by atoms with Gasteiger partial charge in [-0.3, -0.25) is 15.1 Å². The number of anilines is 1.